The molecule has 3 aromatic rings. The third-order valence-corrected chi connectivity index (χ3v) is 6.16. The molecule has 2 aromatic carbocycles. The lowest BCUT2D eigenvalue weighted by Gasteiger charge is -2.43. The highest BCUT2D eigenvalue weighted by atomic mass is 16.5. The smallest absolute Gasteiger partial charge is 0.230 e. The van der Waals surface area contributed by atoms with E-state index in [-0.39, 0.29) is 0 Å². The van der Waals surface area contributed by atoms with E-state index in [0.29, 0.717) is 17.8 Å². The molecule has 0 aliphatic carbocycles. The summed E-state index contributed by atoms with van der Waals surface area (Å²) in [7, 11) is 1.67. The second-order valence-electron chi connectivity index (χ2n) is 8.20. The van der Waals surface area contributed by atoms with Crippen LogP contribution in [0.4, 0.5) is 17.3 Å². The number of nitrogens with zero attached hydrogens (tertiary/aromatic N) is 5. The monoisotopic (exact) mass is 432 g/mol. The van der Waals surface area contributed by atoms with Crippen molar-refractivity contribution in [1.29, 1.82) is 0 Å². The van der Waals surface area contributed by atoms with Crippen LogP contribution in [0.5, 0.6) is 5.75 Å². The Morgan fingerprint density at radius 3 is 2.44 bits per heavy atom. The van der Waals surface area contributed by atoms with Crippen LogP contribution in [0.3, 0.4) is 0 Å². The van der Waals surface area contributed by atoms with Crippen LogP contribution < -0.4 is 15.0 Å². The van der Waals surface area contributed by atoms with Gasteiger partial charge in [0.05, 0.1) is 26.4 Å². The Hall–Kier alpha value is -3.23. The summed E-state index contributed by atoms with van der Waals surface area (Å²) >= 11 is 0. The van der Waals surface area contributed by atoms with Gasteiger partial charge in [0.2, 0.25) is 5.95 Å². The standard InChI is InChI=1S/C24H28N6O2/c1-17-13-18(3-8-22(17)31-2)23-25-16-26-24(28-23)27-19-4-6-20(7-5-19)29-9-11-30(12-10-29)21-14-32-15-21/h3-8,13,16,21H,9-12,14-15H2,1-2H3,(H,25,26,27,28). The van der Waals surface area contributed by atoms with Crippen LogP contribution >= 0.6 is 0 Å². The second kappa shape index (κ2) is 9.10. The molecule has 0 atom stereocenters. The van der Waals surface area contributed by atoms with Crippen molar-refractivity contribution in [2.75, 3.05) is 56.7 Å². The van der Waals surface area contributed by atoms with Gasteiger partial charge >= 0.3 is 0 Å². The molecule has 2 aliphatic rings. The predicted octanol–water partition coefficient (Wildman–Crippen LogP) is 3.12. The molecule has 1 aromatic heterocycles. The van der Waals surface area contributed by atoms with Crippen molar-refractivity contribution < 1.29 is 9.47 Å². The molecule has 2 aliphatic heterocycles. The lowest BCUT2D eigenvalue weighted by molar-refractivity contribution is -0.0660. The van der Waals surface area contributed by atoms with E-state index in [1.54, 1.807) is 7.11 Å². The van der Waals surface area contributed by atoms with E-state index in [9.17, 15) is 0 Å². The first kappa shape index (κ1) is 20.7. The van der Waals surface area contributed by atoms with Gasteiger partial charge in [-0.1, -0.05) is 0 Å². The highest BCUT2D eigenvalue weighted by molar-refractivity contribution is 5.62. The Kier molecular flexibility index (Phi) is 5.87. The molecule has 8 heteroatoms. The third-order valence-electron chi connectivity index (χ3n) is 6.16. The summed E-state index contributed by atoms with van der Waals surface area (Å²) in [4.78, 5) is 18.2. The van der Waals surface area contributed by atoms with Gasteiger partial charge in [0, 0.05) is 43.1 Å². The Morgan fingerprint density at radius 2 is 1.78 bits per heavy atom. The fourth-order valence-electron chi connectivity index (χ4n) is 4.18. The first-order valence-corrected chi connectivity index (χ1v) is 11.0. The highest BCUT2D eigenvalue weighted by Gasteiger charge is 2.28. The normalized spacial score (nSPS) is 17.1. The number of hydrogen-bond donors (Lipinski definition) is 1. The maximum atomic E-state index is 5.34. The molecule has 8 nitrogen and oxygen atoms in total. The van der Waals surface area contributed by atoms with Crippen molar-refractivity contribution in [3.63, 3.8) is 0 Å². The van der Waals surface area contributed by atoms with Gasteiger partial charge in [-0.3, -0.25) is 4.90 Å². The van der Waals surface area contributed by atoms with E-state index in [4.69, 9.17) is 9.47 Å². The molecular formula is C24H28N6O2. The van der Waals surface area contributed by atoms with Crippen LogP contribution in [0.1, 0.15) is 5.56 Å². The summed E-state index contributed by atoms with van der Waals surface area (Å²) < 4.78 is 10.7. The van der Waals surface area contributed by atoms with Crippen LogP contribution in [0, 0.1) is 6.92 Å². The molecule has 0 spiro atoms. The number of anilines is 3. The zero-order valence-corrected chi connectivity index (χ0v) is 18.5. The van der Waals surface area contributed by atoms with E-state index >= 15 is 0 Å². The van der Waals surface area contributed by atoms with E-state index in [1.165, 1.54) is 12.0 Å². The van der Waals surface area contributed by atoms with Crippen LogP contribution in [0.2, 0.25) is 0 Å². The molecule has 0 unspecified atom stereocenters. The number of rotatable bonds is 6. The minimum atomic E-state index is 0.521. The first-order valence-electron chi connectivity index (χ1n) is 11.0. The molecule has 3 heterocycles. The Morgan fingerprint density at radius 1 is 1.00 bits per heavy atom. The fraction of sp³-hybridized carbons (Fsp3) is 0.375. The maximum absolute atomic E-state index is 5.34. The number of hydrogen-bond acceptors (Lipinski definition) is 8. The van der Waals surface area contributed by atoms with Crippen molar-refractivity contribution in [3.8, 4) is 17.1 Å². The Labute approximate surface area is 188 Å². The maximum Gasteiger partial charge on any atom is 0.230 e. The highest BCUT2D eigenvalue weighted by Crippen LogP contribution is 2.25. The zero-order valence-electron chi connectivity index (χ0n) is 18.5. The molecule has 32 heavy (non-hydrogen) atoms. The number of aromatic nitrogens is 3. The summed E-state index contributed by atoms with van der Waals surface area (Å²) in [5, 5.41) is 3.29. The molecule has 2 saturated heterocycles. The number of aryl methyl sites for hydroxylation is 1. The lowest BCUT2D eigenvalue weighted by Crippen LogP contribution is -2.56. The molecule has 1 N–H and O–H groups in total. The van der Waals surface area contributed by atoms with Crippen molar-refractivity contribution in [2.45, 2.75) is 13.0 Å². The van der Waals surface area contributed by atoms with Gasteiger partial charge in [-0.2, -0.15) is 4.98 Å². The molecular weight excluding hydrogens is 404 g/mol. The fourth-order valence-corrected chi connectivity index (χ4v) is 4.18. The van der Waals surface area contributed by atoms with Gasteiger partial charge in [-0.25, -0.2) is 9.97 Å². The number of nitrogens with one attached hydrogen (secondary N) is 1. The summed E-state index contributed by atoms with van der Waals surface area (Å²) in [5.41, 5.74) is 4.15. The molecule has 2 fully saturated rings. The SMILES string of the molecule is COc1ccc(-c2ncnc(Nc3ccc(N4CCN(C5COC5)CC4)cc3)n2)cc1C. The van der Waals surface area contributed by atoms with Crippen molar-refractivity contribution in [1.82, 2.24) is 19.9 Å². The van der Waals surface area contributed by atoms with Gasteiger partial charge < -0.3 is 19.7 Å². The average Bonchev–Trinajstić information content (AvgIpc) is 2.79. The third kappa shape index (κ3) is 4.37. The van der Waals surface area contributed by atoms with Gasteiger partial charge in [-0.15, -0.1) is 0 Å². The van der Waals surface area contributed by atoms with Crippen LogP contribution in [-0.2, 0) is 4.74 Å². The average molecular weight is 433 g/mol. The van der Waals surface area contributed by atoms with Crippen LogP contribution in [0.25, 0.3) is 11.4 Å². The summed E-state index contributed by atoms with van der Waals surface area (Å²) in [6.45, 7) is 8.04. The number of methoxy groups -OCH3 is 1. The molecule has 0 saturated carbocycles. The lowest BCUT2D eigenvalue weighted by atomic mass is 10.1. The minimum absolute atomic E-state index is 0.521. The summed E-state index contributed by atoms with van der Waals surface area (Å²) in [6, 6.07) is 15.0. The topological polar surface area (TPSA) is 75.6 Å². The Balaban J connectivity index is 1.23. The van der Waals surface area contributed by atoms with E-state index in [1.807, 2.05) is 25.1 Å². The van der Waals surface area contributed by atoms with Gasteiger partial charge in [0.1, 0.15) is 12.1 Å². The molecule has 5 rings (SSSR count). The van der Waals surface area contributed by atoms with Crippen molar-refractivity contribution in [2.24, 2.45) is 0 Å². The van der Waals surface area contributed by atoms with E-state index in [2.05, 4.69) is 54.3 Å². The van der Waals surface area contributed by atoms with Gasteiger partial charge in [-0.05, 0) is 55.0 Å². The number of ether oxygens (including phenoxy) is 2. The van der Waals surface area contributed by atoms with Gasteiger partial charge in [0.25, 0.3) is 0 Å². The zero-order chi connectivity index (χ0) is 21.9. The van der Waals surface area contributed by atoms with Crippen molar-refractivity contribution >= 4 is 17.3 Å². The van der Waals surface area contributed by atoms with Gasteiger partial charge in [0.15, 0.2) is 5.82 Å². The summed E-state index contributed by atoms with van der Waals surface area (Å²) in [6.07, 6.45) is 1.53. The molecule has 0 amide bonds. The van der Waals surface area contributed by atoms with Crippen molar-refractivity contribution in [3.05, 3.63) is 54.4 Å². The Bertz CT molecular complexity index is 1060. The summed E-state index contributed by atoms with van der Waals surface area (Å²) in [5.74, 6) is 1.99. The van der Waals surface area contributed by atoms with Crippen LogP contribution in [0.15, 0.2) is 48.8 Å². The predicted molar refractivity (Wildman–Crippen MR) is 125 cm³/mol. The molecule has 0 bridgehead atoms. The molecule has 166 valence electrons. The molecule has 0 radical (unpaired) electrons. The first-order chi connectivity index (χ1) is 15.7. The largest absolute Gasteiger partial charge is 0.496 e. The van der Waals surface area contributed by atoms with E-state index < -0.39 is 0 Å². The van der Waals surface area contributed by atoms with Crippen LogP contribution in [-0.4, -0.2) is 72.4 Å². The quantitative estimate of drug-likeness (QED) is 0.637. The minimum Gasteiger partial charge on any atom is -0.496 e. The second-order valence-corrected chi connectivity index (χ2v) is 8.20. The number of piperazine rings is 1. The van der Waals surface area contributed by atoms with E-state index in [0.717, 1.165) is 62.0 Å². The number of benzene rings is 2.